The van der Waals surface area contributed by atoms with E-state index in [1.54, 1.807) is 6.07 Å². The van der Waals surface area contributed by atoms with Crippen LogP contribution in [0.4, 0.5) is 0 Å². The predicted octanol–water partition coefficient (Wildman–Crippen LogP) is 4.79. The Kier molecular flexibility index (Phi) is 5.99. The minimum Gasteiger partial charge on any atom is -0.508 e. The number of phenolic OH excluding ortho intramolecular Hbond substituents is 1. The first-order chi connectivity index (χ1) is 8.67. The van der Waals surface area contributed by atoms with Crippen molar-refractivity contribution in [1.29, 1.82) is 0 Å². The summed E-state index contributed by atoms with van der Waals surface area (Å²) in [5.74, 6) is 0.376. The number of hydrogen-bond donors (Lipinski definition) is 1. The second-order valence-electron chi connectivity index (χ2n) is 4.43. The first-order valence-electron chi connectivity index (χ1n) is 6.41. The largest absolute Gasteiger partial charge is 0.508 e. The van der Waals surface area contributed by atoms with E-state index in [-0.39, 0.29) is 0 Å². The van der Waals surface area contributed by atoms with Crippen LogP contribution in [0, 0.1) is 0 Å². The normalized spacial score (nSPS) is 12.6. The van der Waals surface area contributed by atoms with Gasteiger partial charge in [-0.1, -0.05) is 61.1 Å². The van der Waals surface area contributed by atoms with Crippen LogP contribution in [0.3, 0.4) is 0 Å². The zero-order chi connectivity index (χ0) is 13.4. The molecular weight excluding hydrogens is 220 g/mol. The lowest BCUT2D eigenvalue weighted by molar-refractivity contribution is 0.469. The van der Waals surface area contributed by atoms with Crippen molar-refractivity contribution in [2.24, 2.45) is 0 Å². The van der Waals surface area contributed by atoms with Crippen molar-refractivity contribution in [1.82, 2.24) is 0 Å². The van der Waals surface area contributed by atoms with Gasteiger partial charge in [-0.15, -0.1) is 0 Å². The lowest BCUT2D eigenvalue weighted by atomic mass is 10.0. The summed E-state index contributed by atoms with van der Waals surface area (Å²) in [7, 11) is 0. The van der Waals surface area contributed by atoms with Crippen molar-refractivity contribution >= 4 is 0 Å². The molecule has 0 spiro atoms. The minimum atomic E-state index is 0.376. The van der Waals surface area contributed by atoms with Crippen molar-refractivity contribution in [3.05, 3.63) is 65.8 Å². The molecule has 0 aliphatic rings. The van der Waals surface area contributed by atoms with Gasteiger partial charge in [-0.25, -0.2) is 0 Å². The molecule has 0 fully saturated rings. The lowest BCUT2D eigenvalue weighted by Crippen LogP contribution is -1.87. The molecule has 1 aromatic rings. The van der Waals surface area contributed by atoms with Gasteiger partial charge >= 0.3 is 0 Å². The molecule has 1 rings (SSSR count). The molecule has 0 radical (unpaired) electrons. The summed E-state index contributed by atoms with van der Waals surface area (Å²) < 4.78 is 0. The third-order valence-corrected chi connectivity index (χ3v) is 2.98. The van der Waals surface area contributed by atoms with Crippen LogP contribution in [0.15, 0.2) is 60.2 Å². The molecule has 0 bridgehead atoms. The van der Waals surface area contributed by atoms with E-state index in [2.05, 4.69) is 32.6 Å². The van der Waals surface area contributed by atoms with Crippen molar-refractivity contribution in [2.45, 2.75) is 33.1 Å². The van der Waals surface area contributed by atoms with Crippen LogP contribution in [-0.2, 0) is 6.42 Å². The molecule has 0 aromatic heterocycles. The van der Waals surface area contributed by atoms with E-state index in [1.807, 2.05) is 24.3 Å². The number of aromatic hydroxyl groups is 1. The monoisotopic (exact) mass is 242 g/mol. The fraction of sp³-hybridized carbons (Fsp3) is 0.294. The van der Waals surface area contributed by atoms with Crippen LogP contribution in [-0.4, -0.2) is 5.11 Å². The van der Waals surface area contributed by atoms with Crippen molar-refractivity contribution in [2.75, 3.05) is 0 Å². The Morgan fingerprint density at radius 3 is 2.61 bits per heavy atom. The Hall–Kier alpha value is -1.76. The summed E-state index contributed by atoms with van der Waals surface area (Å²) >= 11 is 0. The molecule has 1 heteroatoms. The van der Waals surface area contributed by atoms with E-state index >= 15 is 0 Å². The summed E-state index contributed by atoms with van der Waals surface area (Å²) in [6.07, 6.45) is 9.06. The second kappa shape index (κ2) is 7.54. The van der Waals surface area contributed by atoms with Gasteiger partial charge < -0.3 is 5.11 Å². The third-order valence-electron chi connectivity index (χ3n) is 2.98. The van der Waals surface area contributed by atoms with Crippen LogP contribution in [0.2, 0.25) is 0 Å². The number of hydrogen-bond acceptors (Lipinski definition) is 1. The Labute approximate surface area is 110 Å². The number of para-hydroxylation sites is 1. The second-order valence-corrected chi connectivity index (χ2v) is 4.43. The Bertz CT molecular complexity index is 452. The summed E-state index contributed by atoms with van der Waals surface area (Å²) in [6, 6.07) is 7.49. The number of allylic oxidation sites excluding steroid dienone is 5. The van der Waals surface area contributed by atoms with Crippen LogP contribution >= 0.6 is 0 Å². The molecule has 96 valence electrons. The maximum atomic E-state index is 9.70. The molecule has 1 N–H and O–H groups in total. The lowest BCUT2D eigenvalue weighted by Gasteiger charge is -2.04. The van der Waals surface area contributed by atoms with Crippen LogP contribution in [0.5, 0.6) is 5.75 Å². The van der Waals surface area contributed by atoms with E-state index in [0.717, 1.165) is 24.8 Å². The molecular formula is C17H22O. The molecule has 0 unspecified atom stereocenters. The molecule has 0 aliphatic carbocycles. The van der Waals surface area contributed by atoms with E-state index < -0.39 is 0 Å². The Morgan fingerprint density at radius 2 is 2.00 bits per heavy atom. The zero-order valence-electron chi connectivity index (χ0n) is 11.3. The predicted molar refractivity (Wildman–Crippen MR) is 78.8 cm³/mol. The molecule has 0 aliphatic heterocycles. The number of benzene rings is 1. The maximum Gasteiger partial charge on any atom is 0.119 e. The van der Waals surface area contributed by atoms with Gasteiger partial charge in [0, 0.05) is 0 Å². The molecule has 0 saturated heterocycles. The number of phenols is 1. The highest BCUT2D eigenvalue weighted by Gasteiger charge is 1.99. The average Bonchev–Trinajstić information content (AvgIpc) is 2.37. The molecule has 0 heterocycles. The first-order valence-corrected chi connectivity index (χ1v) is 6.41. The molecule has 1 aromatic carbocycles. The third kappa shape index (κ3) is 4.62. The summed E-state index contributed by atoms with van der Waals surface area (Å²) in [5, 5.41) is 9.70. The van der Waals surface area contributed by atoms with Gasteiger partial charge in [-0.2, -0.15) is 0 Å². The van der Waals surface area contributed by atoms with Gasteiger partial charge in [0.25, 0.3) is 0 Å². The highest BCUT2D eigenvalue weighted by Crippen LogP contribution is 2.19. The molecule has 18 heavy (non-hydrogen) atoms. The quantitative estimate of drug-likeness (QED) is 0.561. The highest BCUT2D eigenvalue weighted by molar-refractivity contribution is 5.34. The van der Waals surface area contributed by atoms with Gasteiger partial charge in [0.2, 0.25) is 0 Å². The summed E-state index contributed by atoms with van der Waals surface area (Å²) in [5.41, 5.74) is 3.53. The van der Waals surface area contributed by atoms with Gasteiger partial charge in [0.05, 0.1) is 0 Å². The summed E-state index contributed by atoms with van der Waals surface area (Å²) in [6.45, 7) is 8.01. The SMILES string of the molecule is C=C/C(=C\C/C=C(\C)Cc1ccccc1O)CC. The topological polar surface area (TPSA) is 20.2 Å². The zero-order valence-corrected chi connectivity index (χ0v) is 11.3. The van der Waals surface area contributed by atoms with Crippen molar-refractivity contribution < 1.29 is 5.11 Å². The van der Waals surface area contributed by atoms with Gasteiger partial charge in [0.15, 0.2) is 0 Å². The van der Waals surface area contributed by atoms with Gasteiger partial charge in [-0.3, -0.25) is 0 Å². The standard InChI is InChI=1S/C17H22O/c1-4-15(5-2)10-8-9-14(3)13-16-11-6-7-12-17(16)18/h4,6-7,9-12,18H,1,5,8,13H2,2-3H3/b14-9+,15-10+. The maximum absolute atomic E-state index is 9.70. The van der Waals surface area contributed by atoms with Gasteiger partial charge in [0.1, 0.15) is 5.75 Å². The average molecular weight is 242 g/mol. The highest BCUT2D eigenvalue weighted by atomic mass is 16.3. The van der Waals surface area contributed by atoms with E-state index in [0.29, 0.717) is 5.75 Å². The Morgan fingerprint density at radius 1 is 1.28 bits per heavy atom. The van der Waals surface area contributed by atoms with Crippen LogP contribution in [0.1, 0.15) is 32.3 Å². The summed E-state index contributed by atoms with van der Waals surface area (Å²) in [4.78, 5) is 0. The van der Waals surface area contributed by atoms with Crippen LogP contribution < -0.4 is 0 Å². The smallest absolute Gasteiger partial charge is 0.119 e. The van der Waals surface area contributed by atoms with E-state index in [9.17, 15) is 5.11 Å². The fourth-order valence-corrected chi connectivity index (χ4v) is 1.82. The molecule has 0 saturated carbocycles. The Balaban J connectivity index is 2.60. The van der Waals surface area contributed by atoms with Crippen LogP contribution in [0.25, 0.3) is 0 Å². The van der Waals surface area contributed by atoms with Crippen molar-refractivity contribution in [3.63, 3.8) is 0 Å². The first kappa shape index (κ1) is 14.3. The molecule has 0 amide bonds. The van der Waals surface area contributed by atoms with Crippen molar-refractivity contribution in [3.8, 4) is 5.75 Å². The fourth-order valence-electron chi connectivity index (χ4n) is 1.82. The van der Waals surface area contributed by atoms with E-state index in [4.69, 9.17) is 0 Å². The number of rotatable bonds is 6. The van der Waals surface area contributed by atoms with E-state index in [1.165, 1.54) is 11.1 Å². The van der Waals surface area contributed by atoms with Gasteiger partial charge in [-0.05, 0) is 37.8 Å². The molecule has 1 nitrogen and oxygen atoms in total. The minimum absolute atomic E-state index is 0.376. The molecule has 0 atom stereocenters.